The largest absolute Gasteiger partial charge is 0.444 e. The van der Waals surface area contributed by atoms with E-state index in [4.69, 9.17) is 9.84 Å². The maximum Gasteiger partial charge on any atom is 0.410 e. The molecule has 1 aromatic carbocycles. The summed E-state index contributed by atoms with van der Waals surface area (Å²) in [6, 6.07) is 13.2. The van der Waals surface area contributed by atoms with Gasteiger partial charge in [0.05, 0.1) is 11.6 Å². The molecule has 0 unspecified atom stereocenters. The van der Waals surface area contributed by atoms with Crippen molar-refractivity contribution < 1.29 is 9.53 Å². The van der Waals surface area contributed by atoms with E-state index in [1.807, 2.05) is 25.7 Å². The summed E-state index contributed by atoms with van der Waals surface area (Å²) < 4.78 is 7.66. The number of piperidine rings is 1. The van der Waals surface area contributed by atoms with Gasteiger partial charge in [-0.1, -0.05) is 37.3 Å². The smallest absolute Gasteiger partial charge is 0.410 e. The first-order valence-corrected chi connectivity index (χ1v) is 12.7. The number of carbonyl (C=O) groups excluding carboxylic acids is 1. The zero-order valence-corrected chi connectivity index (χ0v) is 21.5. The highest BCUT2D eigenvalue weighted by atomic mass is 16.6. The van der Waals surface area contributed by atoms with Crippen molar-refractivity contribution in [1.29, 1.82) is 0 Å². The van der Waals surface area contributed by atoms with Gasteiger partial charge in [-0.25, -0.2) is 4.79 Å². The molecule has 2 aliphatic rings. The average molecular weight is 468 g/mol. The van der Waals surface area contributed by atoms with E-state index in [9.17, 15) is 4.79 Å². The van der Waals surface area contributed by atoms with Crippen molar-refractivity contribution in [2.75, 3.05) is 37.6 Å². The number of carbonyl (C=O) groups is 1. The van der Waals surface area contributed by atoms with E-state index in [2.05, 4.69) is 70.9 Å². The van der Waals surface area contributed by atoms with Gasteiger partial charge in [0.2, 0.25) is 0 Å². The van der Waals surface area contributed by atoms with Crippen LogP contribution < -0.4 is 4.90 Å². The molecule has 1 atom stereocenters. The second-order valence-electron chi connectivity index (χ2n) is 11.1. The maximum absolute atomic E-state index is 12.4. The topological polar surface area (TPSA) is 53.8 Å². The molecule has 0 spiro atoms. The van der Waals surface area contributed by atoms with E-state index >= 15 is 0 Å². The third-order valence-electron chi connectivity index (χ3n) is 7.23. The highest BCUT2D eigenvalue weighted by molar-refractivity contribution is 5.68. The van der Waals surface area contributed by atoms with Gasteiger partial charge in [-0.3, -0.25) is 9.58 Å². The molecule has 2 saturated heterocycles. The van der Waals surface area contributed by atoms with Gasteiger partial charge in [0.1, 0.15) is 5.60 Å². The molecular formula is C27H41N5O2. The van der Waals surface area contributed by atoms with Crippen LogP contribution in [0.5, 0.6) is 0 Å². The summed E-state index contributed by atoms with van der Waals surface area (Å²) in [5, 5.41) is 5.03. The van der Waals surface area contributed by atoms with E-state index in [-0.39, 0.29) is 11.6 Å². The SMILES string of the molecule is CC[C@@]1(C)CN(Cc2ccccc2)CCN1c1ccn(C2CCN(C(=O)OC(C)(C)C)CC2)n1. The Morgan fingerprint density at radius 2 is 1.79 bits per heavy atom. The molecule has 186 valence electrons. The average Bonchev–Trinajstić information content (AvgIpc) is 3.29. The molecule has 0 saturated carbocycles. The Labute approximate surface area is 204 Å². The fourth-order valence-corrected chi connectivity index (χ4v) is 5.14. The van der Waals surface area contributed by atoms with Crippen molar-refractivity contribution in [3.05, 3.63) is 48.2 Å². The van der Waals surface area contributed by atoms with Crippen LogP contribution in [0.25, 0.3) is 0 Å². The fraction of sp³-hybridized carbons (Fsp3) is 0.630. The van der Waals surface area contributed by atoms with Gasteiger partial charge in [-0.05, 0) is 52.5 Å². The van der Waals surface area contributed by atoms with Crippen LogP contribution in [-0.2, 0) is 11.3 Å². The second kappa shape index (κ2) is 9.98. The van der Waals surface area contributed by atoms with Crippen molar-refractivity contribution in [2.45, 2.75) is 77.6 Å². The summed E-state index contributed by atoms with van der Waals surface area (Å²) in [6.07, 6.45) is 4.78. The molecule has 1 aromatic heterocycles. The molecule has 0 radical (unpaired) electrons. The normalized spacial score (nSPS) is 22.7. The molecule has 7 heteroatoms. The van der Waals surface area contributed by atoms with Crippen LogP contribution in [0.1, 0.15) is 65.5 Å². The Kier molecular flexibility index (Phi) is 7.22. The minimum Gasteiger partial charge on any atom is -0.444 e. The Morgan fingerprint density at radius 3 is 2.44 bits per heavy atom. The van der Waals surface area contributed by atoms with Gasteiger partial charge in [0.25, 0.3) is 0 Å². The predicted octanol–water partition coefficient (Wildman–Crippen LogP) is 4.95. The van der Waals surface area contributed by atoms with Crippen LogP contribution in [-0.4, -0.2) is 69.5 Å². The van der Waals surface area contributed by atoms with Crippen molar-refractivity contribution in [1.82, 2.24) is 19.6 Å². The lowest BCUT2D eigenvalue weighted by molar-refractivity contribution is 0.0184. The molecule has 2 aromatic rings. The molecule has 2 fully saturated rings. The number of amides is 1. The number of ether oxygens (including phenoxy) is 1. The molecule has 0 aliphatic carbocycles. The molecule has 3 heterocycles. The Balaban J connectivity index is 1.36. The van der Waals surface area contributed by atoms with Crippen molar-refractivity contribution in [3.63, 3.8) is 0 Å². The first-order chi connectivity index (χ1) is 16.2. The molecule has 2 aliphatic heterocycles. The van der Waals surface area contributed by atoms with Gasteiger partial charge in [0.15, 0.2) is 5.82 Å². The predicted molar refractivity (Wildman–Crippen MR) is 136 cm³/mol. The van der Waals surface area contributed by atoms with Gasteiger partial charge in [-0.15, -0.1) is 0 Å². The number of rotatable bonds is 5. The lowest BCUT2D eigenvalue weighted by atomic mass is 9.92. The molecule has 0 N–H and O–H groups in total. The van der Waals surface area contributed by atoms with Crippen molar-refractivity contribution in [3.8, 4) is 0 Å². The molecular weight excluding hydrogens is 426 g/mol. The van der Waals surface area contributed by atoms with Crippen LogP contribution in [0.15, 0.2) is 42.6 Å². The number of benzene rings is 1. The standard InChI is InChI=1S/C27H41N5O2/c1-6-27(5)21-29(20-22-10-8-7-9-11-22)18-19-31(27)24-14-17-32(28-24)23-12-15-30(16-13-23)25(33)34-26(2,3)4/h7-11,14,17,23H,6,12-13,15-16,18-21H2,1-5H3/t27-/m0/s1. The summed E-state index contributed by atoms with van der Waals surface area (Å²) >= 11 is 0. The first kappa shape index (κ1) is 24.6. The number of nitrogens with zero attached hydrogens (tertiary/aromatic N) is 5. The highest BCUT2D eigenvalue weighted by Crippen LogP contribution is 2.32. The van der Waals surface area contributed by atoms with E-state index in [0.29, 0.717) is 19.1 Å². The number of aromatic nitrogens is 2. The van der Waals surface area contributed by atoms with Gasteiger partial charge in [-0.2, -0.15) is 5.10 Å². The van der Waals surface area contributed by atoms with Crippen molar-refractivity contribution in [2.24, 2.45) is 0 Å². The lowest BCUT2D eigenvalue weighted by Gasteiger charge is -2.49. The van der Waals surface area contributed by atoms with Crippen molar-refractivity contribution >= 4 is 11.9 Å². The minimum atomic E-state index is -0.456. The Bertz CT molecular complexity index is 945. The summed E-state index contributed by atoms with van der Waals surface area (Å²) in [5.74, 6) is 1.07. The van der Waals surface area contributed by atoms with Gasteiger partial charge >= 0.3 is 6.09 Å². The van der Waals surface area contributed by atoms with E-state index in [1.54, 1.807) is 0 Å². The Morgan fingerprint density at radius 1 is 1.09 bits per heavy atom. The van der Waals surface area contributed by atoms with E-state index < -0.39 is 5.60 Å². The minimum absolute atomic E-state index is 0.0479. The third kappa shape index (κ3) is 5.74. The van der Waals surface area contributed by atoms with Crippen LogP contribution >= 0.6 is 0 Å². The van der Waals surface area contributed by atoms with Crippen LogP contribution in [0, 0.1) is 0 Å². The molecule has 4 rings (SSSR count). The van der Waals surface area contributed by atoms with Gasteiger partial charge < -0.3 is 14.5 Å². The Hall–Kier alpha value is -2.54. The second-order valence-corrected chi connectivity index (χ2v) is 11.1. The summed E-state index contributed by atoms with van der Waals surface area (Å²) in [5.41, 5.74) is 0.963. The molecule has 7 nitrogen and oxygen atoms in total. The third-order valence-corrected chi connectivity index (χ3v) is 7.23. The molecule has 34 heavy (non-hydrogen) atoms. The lowest BCUT2D eigenvalue weighted by Crippen LogP contribution is -2.60. The highest BCUT2D eigenvalue weighted by Gasteiger charge is 2.38. The van der Waals surface area contributed by atoms with Crippen LogP contribution in [0.4, 0.5) is 10.6 Å². The number of piperazine rings is 1. The zero-order valence-electron chi connectivity index (χ0n) is 21.5. The summed E-state index contributed by atoms with van der Waals surface area (Å²) in [4.78, 5) is 19.3. The molecule has 1 amide bonds. The van der Waals surface area contributed by atoms with E-state index in [0.717, 1.165) is 51.3 Å². The quantitative estimate of drug-likeness (QED) is 0.623. The summed E-state index contributed by atoms with van der Waals surface area (Å²) in [7, 11) is 0. The number of hydrogen-bond acceptors (Lipinski definition) is 5. The van der Waals surface area contributed by atoms with Crippen LogP contribution in [0.2, 0.25) is 0 Å². The molecule has 0 bridgehead atoms. The summed E-state index contributed by atoms with van der Waals surface area (Å²) in [6.45, 7) is 15.8. The van der Waals surface area contributed by atoms with Gasteiger partial charge in [0, 0.05) is 51.5 Å². The number of hydrogen-bond donors (Lipinski definition) is 0. The number of anilines is 1. The maximum atomic E-state index is 12.4. The number of likely N-dealkylation sites (tertiary alicyclic amines) is 1. The fourth-order valence-electron chi connectivity index (χ4n) is 5.14. The zero-order chi connectivity index (χ0) is 24.3. The monoisotopic (exact) mass is 467 g/mol. The first-order valence-electron chi connectivity index (χ1n) is 12.7. The van der Waals surface area contributed by atoms with E-state index in [1.165, 1.54) is 5.56 Å². The van der Waals surface area contributed by atoms with Crippen LogP contribution in [0.3, 0.4) is 0 Å².